The van der Waals surface area contributed by atoms with Gasteiger partial charge in [0.1, 0.15) is 5.65 Å². The molecule has 41 heavy (non-hydrogen) atoms. The largest absolute Gasteiger partial charge is 0.381 e. The quantitative estimate of drug-likeness (QED) is 0.221. The van der Waals surface area contributed by atoms with Crippen LogP contribution in [0, 0.1) is 5.92 Å². The third-order valence-corrected chi connectivity index (χ3v) is 10.0. The average Bonchev–Trinajstić information content (AvgIpc) is 3.40. The number of fused-ring (bicyclic) bond motifs is 1. The smallest absolute Gasteiger partial charge is 0.354 e. The van der Waals surface area contributed by atoms with Gasteiger partial charge >= 0.3 is 5.69 Å². The van der Waals surface area contributed by atoms with Crippen molar-refractivity contribution < 1.29 is 13.2 Å². The predicted molar refractivity (Wildman–Crippen MR) is 161 cm³/mol. The molecule has 2 aromatic heterocycles. The number of ether oxygens (including phenoxy) is 1. The van der Waals surface area contributed by atoms with Gasteiger partial charge in [-0.25, -0.2) is 13.2 Å². The number of hydrogen-bond donors (Lipinski definition) is 4. The van der Waals surface area contributed by atoms with Crippen LogP contribution in [0.4, 0.5) is 0 Å². The van der Waals surface area contributed by atoms with Gasteiger partial charge < -0.3 is 26.1 Å². The molecule has 0 bridgehead atoms. The van der Waals surface area contributed by atoms with Crippen LogP contribution in [0.1, 0.15) is 43.4 Å². The molecule has 0 atom stereocenters. The molecule has 224 valence electrons. The third-order valence-electron chi connectivity index (χ3n) is 8.15. The van der Waals surface area contributed by atoms with Gasteiger partial charge in [0, 0.05) is 56.0 Å². The highest BCUT2D eigenvalue weighted by Gasteiger charge is 2.33. The Labute approximate surface area is 241 Å². The number of benzene rings is 1. The van der Waals surface area contributed by atoms with Gasteiger partial charge in [-0.15, -0.1) is 0 Å². The van der Waals surface area contributed by atoms with Gasteiger partial charge in [0.15, 0.2) is 0 Å². The lowest BCUT2D eigenvalue weighted by Gasteiger charge is -2.36. The summed E-state index contributed by atoms with van der Waals surface area (Å²) in [4.78, 5) is 20.3. The molecule has 2 aliphatic rings. The molecule has 0 radical (unpaired) electrons. The van der Waals surface area contributed by atoms with Crippen molar-refractivity contribution in [3.63, 3.8) is 0 Å². The molecule has 3 aromatic rings. The van der Waals surface area contributed by atoms with E-state index in [-0.39, 0.29) is 17.5 Å². The Morgan fingerprint density at radius 2 is 1.88 bits per heavy atom. The monoisotopic (exact) mass is 585 g/mol. The van der Waals surface area contributed by atoms with Gasteiger partial charge in [-0.05, 0) is 88.0 Å². The number of nitrogens with one attached hydrogen (secondary N) is 3. The lowest BCUT2D eigenvalue weighted by atomic mass is 9.99. The van der Waals surface area contributed by atoms with E-state index in [4.69, 9.17) is 10.5 Å². The van der Waals surface area contributed by atoms with Crippen molar-refractivity contribution in [2.75, 3.05) is 51.7 Å². The summed E-state index contributed by atoms with van der Waals surface area (Å²) in [5.41, 5.74) is 8.22. The maximum absolute atomic E-state index is 13.7. The number of rotatable bonds is 13. The molecule has 0 saturated carbocycles. The van der Waals surface area contributed by atoms with Crippen LogP contribution in [0.2, 0.25) is 0 Å². The zero-order chi connectivity index (χ0) is 28.7. The lowest BCUT2D eigenvalue weighted by molar-refractivity contribution is 0.0564. The maximum atomic E-state index is 13.7. The van der Waals surface area contributed by atoms with Crippen molar-refractivity contribution in [1.29, 1.82) is 0 Å². The van der Waals surface area contributed by atoms with E-state index in [2.05, 4.69) is 20.6 Å². The molecular weight excluding hydrogens is 542 g/mol. The number of aromatic amines is 1. The number of nitrogens with two attached hydrogens (primary N) is 1. The van der Waals surface area contributed by atoms with E-state index >= 15 is 0 Å². The van der Waals surface area contributed by atoms with Crippen molar-refractivity contribution in [1.82, 2.24) is 29.5 Å². The van der Waals surface area contributed by atoms with Crippen LogP contribution in [-0.2, 0) is 27.7 Å². The average molecular weight is 586 g/mol. The first-order valence-corrected chi connectivity index (χ1v) is 16.4. The molecule has 11 nitrogen and oxygen atoms in total. The predicted octanol–water partition coefficient (Wildman–Crippen LogP) is 1.51. The fourth-order valence-corrected chi connectivity index (χ4v) is 7.54. The molecule has 0 aliphatic carbocycles. The number of nitrogens with zero attached hydrogens (tertiary/aromatic N) is 3. The summed E-state index contributed by atoms with van der Waals surface area (Å²) in [5.74, 6) is 0.343. The van der Waals surface area contributed by atoms with Gasteiger partial charge in [-0.1, -0.05) is 12.1 Å². The Bertz CT molecular complexity index is 1430. The van der Waals surface area contributed by atoms with Crippen LogP contribution >= 0.6 is 0 Å². The Morgan fingerprint density at radius 3 is 2.61 bits per heavy atom. The van der Waals surface area contributed by atoms with Gasteiger partial charge in [0.05, 0.1) is 11.4 Å². The van der Waals surface area contributed by atoms with E-state index in [0.717, 1.165) is 80.6 Å². The summed E-state index contributed by atoms with van der Waals surface area (Å²) in [6.07, 6.45) is 6.48. The number of hydrogen-bond acceptors (Lipinski definition) is 8. The van der Waals surface area contributed by atoms with Gasteiger partial charge in [-0.3, -0.25) is 4.57 Å². The molecule has 5 N–H and O–H groups in total. The minimum absolute atomic E-state index is 0.0119. The molecule has 2 aliphatic heterocycles. The van der Waals surface area contributed by atoms with Crippen molar-refractivity contribution >= 4 is 21.1 Å². The molecule has 2 saturated heterocycles. The number of aromatic nitrogens is 3. The number of sulfonamides is 1. The summed E-state index contributed by atoms with van der Waals surface area (Å²) in [6, 6.07) is 9.72. The summed E-state index contributed by atoms with van der Waals surface area (Å²) < 4.78 is 36.2. The van der Waals surface area contributed by atoms with Crippen LogP contribution in [0.25, 0.3) is 16.7 Å². The van der Waals surface area contributed by atoms with E-state index in [1.807, 2.05) is 30.3 Å². The summed E-state index contributed by atoms with van der Waals surface area (Å²) >= 11 is 0. The SMILES string of the molecule is NCCCNCc1ccc(-n2cc3cc(CCS(=O)(=O)N(CC4CCOCC4)C4CCNCC4)[nH]c3nc2=O)cc1. The first-order valence-electron chi connectivity index (χ1n) is 14.8. The highest BCUT2D eigenvalue weighted by Crippen LogP contribution is 2.24. The standard InChI is InChI=1S/C29H43N7O4S/c30-11-1-12-32-19-22-2-4-26(5-3-22)35-21-24-18-25(33-28(24)34-29(35)37)10-17-41(38,39)36(27-6-13-31-14-7-27)20-23-8-15-40-16-9-23/h2-5,18,21,23,27,31-32H,1,6-17,19-20,30H2,(H,33,34,37). The number of piperidine rings is 1. The Balaban J connectivity index is 1.27. The van der Waals surface area contributed by atoms with Crippen molar-refractivity contribution in [2.24, 2.45) is 11.7 Å². The highest BCUT2D eigenvalue weighted by molar-refractivity contribution is 7.89. The number of aryl methyl sites for hydroxylation is 1. The Kier molecular flexibility index (Phi) is 10.2. The number of H-pyrrole nitrogens is 1. The lowest BCUT2D eigenvalue weighted by Crippen LogP contribution is -2.49. The van der Waals surface area contributed by atoms with Gasteiger partial charge in [0.25, 0.3) is 0 Å². The van der Waals surface area contributed by atoms with Crippen molar-refractivity contribution in [3.8, 4) is 5.69 Å². The zero-order valence-electron chi connectivity index (χ0n) is 23.7. The minimum atomic E-state index is -3.48. The van der Waals surface area contributed by atoms with E-state index in [1.165, 1.54) is 4.57 Å². The second-order valence-corrected chi connectivity index (χ2v) is 13.2. The zero-order valence-corrected chi connectivity index (χ0v) is 24.5. The Morgan fingerprint density at radius 1 is 1.12 bits per heavy atom. The molecular formula is C29H43N7O4S. The Hall–Kier alpha value is -2.61. The molecule has 0 spiro atoms. The van der Waals surface area contributed by atoms with Crippen LogP contribution in [0.5, 0.6) is 0 Å². The molecule has 2 fully saturated rings. The third kappa shape index (κ3) is 7.82. The second kappa shape index (κ2) is 14.0. The second-order valence-electron chi connectivity index (χ2n) is 11.2. The molecule has 0 amide bonds. The molecule has 0 unspecified atom stereocenters. The summed E-state index contributed by atoms with van der Waals surface area (Å²) in [5, 5.41) is 7.46. The normalized spacial score (nSPS) is 17.5. The van der Waals surface area contributed by atoms with Crippen LogP contribution < -0.4 is 22.1 Å². The van der Waals surface area contributed by atoms with E-state index in [9.17, 15) is 13.2 Å². The first kappa shape index (κ1) is 29.9. The fraction of sp³-hybridized carbons (Fsp3) is 0.586. The summed E-state index contributed by atoms with van der Waals surface area (Å²) in [6.45, 7) is 5.90. The van der Waals surface area contributed by atoms with Crippen LogP contribution in [0.15, 0.2) is 41.3 Å². The van der Waals surface area contributed by atoms with Gasteiger partial charge in [-0.2, -0.15) is 9.29 Å². The fourth-order valence-electron chi connectivity index (χ4n) is 5.73. The van der Waals surface area contributed by atoms with E-state index < -0.39 is 10.0 Å². The first-order chi connectivity index (χ1) is 19.9. The van der Waals surface area contributed by atoms with Crippen molar-refractivity contribution in [2.45, 2.75) is 51.1 Å². The molecule has 1 aromatic carbocycles. The minimum Gasteiger partial charge on any atom is -0.381 e. The van der Waals surface area contributed by atoms with E-state index in [1.54, 1.807) is 10.5 Å². The maximum Gasteiger partial charge on any atom is 0.354 e. The highest BCUT2D eigenvalue weighted by atomic mass is 32.2. The van der Waals surface area contributed by atoms with Crippen LogP contribution in [0.3, 0.4) is 0 Å². The molecule has 5 rings (SSSR count). The van der Waals surface area contributed by atoms with E-state index in [0.29, 0.717) is 44.3 Å². The van der Waals surface area contributed by atoms with Crippen molar-refractivity contribution in [3.05, 3.63) is 58.3 Å². The van der Waals surface area contributed by atoms with Crippen LogP contribution in [-0.4, -0.2) is 85.0 Å². The topological polar surface area (TPSA) is 147 Å². The molecule has 4 heterocycles. The molecule has 12 heteroatoms. The summed E-state index contributed by atoms with van der Waals surface area (Å²) in [7, 11) is -3.48. The van der Waals surface area contributed by atoms with Gasteiger partial charge in [0.2, 0.25) is 10.0 Å².